The second-order valence-electron chi connectivity index (χ2n) is 4.40. The number of aromatic nitrogens is 1. The monoisotopic (exact) mass is 305 g/mol. The largest absolute Gasteiger partial charge is 0.492 e. The lowest BCUT2D eigenvalue weighted by atomic mass is 10.2. The summed E-state index contributed by atoms with van der Waals surface area (Å²) in [6.07, 6.45) is 0. The van der Waals surface area contributed by atoms with E-state index in [4.69, 9.17) is 12.2 Å². The van der Waals surface area contributed by atoms with E-state index in [1.54, 1.807) is 11.7 Å². The van der Waals surface area contributed by atoms with Gasteiger partial charge in [-0.25, -0.2) is 4.68 Å². The van der Waals surface area contributed by atoms with Crippen LogP contribution in [-0.2, 0) is 0 Å². The first kappa shape index (κ1) is 15.2. The van der Waals surface area contributed by atoms with Crippen molar-refractivity contribution in [2.45, 2.75) is 13.8 Å². The van der Waals surface area contributed by atoms with E-state index in [2.05, 4.69) is 15.7 Å². The predicted molar refractivity (Wildman–Crippen MR) is 88.9 cm³/mol. The van der Waals surface area contributed by atoms with Crippen molar-refractivity contribution in [2.24, 2.45) is 10.2 Å². The quantitative estimate of drug-likeness (QED) is 0.672. The Kier molecular flexibility index (Phi) is 4.74. The van der Waals surface area contributed by atoms with Gasteiger partial charge in [0.25, 0.3) is 0 Å². The molecule has 0 spiro atoms. The summed E-state index contributed by atoms with van der Waals surface area (Å²) in [5, 5.41) is 19.7. The molecular weight excluding hydrogens is 286 g/mol. The Bertz CT molecular complexity index is 675. The summed E-state index contributed by atoms with van der Waals surface area (Å²) in [4.78, 5) is 1.92. The number of rotatable bonds is 4. The smallest absolute Gasteiger partial charge is 0.239 e. The van der Waals surface area contributed by atoms with Crippen LogP contribution in [0.15, 0.2) is 34.5 Å². The molecule has 112 valence electrons. The van der Waals surface area contributed by atoms with Gasteiger partial charge in [0.05, 0.1) is 5.52 Å². The lowest BCUT2D eigenvalue weighted by molar-refractivity contribution is 0.438. The Morgan fingerprint density at radius 2 is 2.00 bits per heavy atom. The highest BCUT2D eigenvalue weighted by Crippen LogP contribution is 2.37. The van der Waals surface area contributed by atoms with Crippen molar-refractivity contribution < 1.29 is 5.11 Å². The second kappa shape index (κ2) is 6.53. The summed E-state index contributed by atoms with van der Waals surface area (Å²) >= 11 is 5.24. The van der Waals surface area contributed by atoms with Crippen LogP contribution in [-0.4, -0.2) is 39.9 Å². The van der Waals surface area contributed by atoms with Crippen LogP contribution in [0.2, 0.25) is 0 Å². The third kappa shape index (κ3) is 2.82. The summed E-state index contributed by atoms with van der Waals surface area (Å²) in [5.74, 6) is 0.0183. The standard InChI is InChI=1S/C14H19N5OS/c1-4-18(5-2)14(21)17-16-12-10-8-6-7-9-11(10)19(15-3)13(12)20/h6-9,15,20H,4-5H2,1-3H3. The third-order valence-electron chi connectivity index (χ3n) is 3.32. The molecule has 0 radical (unpaired) electrons. The molecule has 2 aromatic rings. The maximum Gasteiger partial charge on any atom is 0.239 e. The zero-order valence-electron chi connectivity index (χ0n) is 12.4. The van der Waals surface area contributed by atoms with Crippen LogP contribution in [0.5, 0.6) is 5.88 Å². The van der Waals surface area contributed by atoms with Gasteiger partial charge in [-0.05, 0) is 32.1 Å². The minimum absolute atomic E-state index is 0.0183. The number of hydrogen-bond donors (Lipinski definition) is 2. The number of benzene rings is 1. The summed E-state index contributed by atoms with van der Waals surface area (Å²) in [6.45, 7) is 5.57. The van der Waals surface area contributed by atoms with Gasteiger partial charge < -0.3 is 15.4 Å². The molecule has 7 heteroatoms. The zero-order chi connectivity index (χ0) is 15.4. The maximum atomic E-state index is 10.3. The van der Waals surface area contributed by atoms with Gasteiger partial charge in [0.15, 0.2) is 5.69 Å². The topological polar surface area (TPSA) is 65.1 Å². The molecule has 21 heavy (non-hydrogen) atoms. The van der Waals surface area contributed by atoms with Crippen molar-refractivity contribution in [1.82, 2.24) is 9.58 Å². The number of thiocarbonyl (C=S) groups is 1. The Hall–Kier alpha value is -2.15. The van der Waals surface area contributed by atoms with Crippen molar-refractivity contribution in [3.05, 3.63) is 24.3 Å². The summed E-state index contributed by atoms with van der Waals surface area (Å²) in [7, 11) is 1.73. The van der Waals surface area contributed by atoms with Gasteiger partial charge in [0, 0.05) is 25.5 Å². The van der Waals surface area contributed by atoms with Gasteiger partial charge in [-0.15, -0.1) is 10.2 Å². The van der Waals surface area contributed by atoms with Crippen molar-refractivity contribution in [3.63, 3.8) is 0 Å². The maximum absolute atomic E-state index is 10.3. The number of nitrogens with zero attached hydrogens (tertiary/aromatic N) is 4. The fourth-order valence-electron chi connectivity index (χ4n) is 2.18. The van der Waals surface area contributed by atoms with Crippen LogP contribution in [0, 0.1) is 0 Å². The highest BCUT2D eigenvalue weighted by Gasteiger charge is 2.15. The Morgan fingerprint density at radius 3 is 2.62 bits per heavy atom. The molecule has 2 N–H and O–H groups in total. The molecule has 6 nitrogen and oxygen atoms in total. The Labute approximate surface area is 129 Å². The highest BCUT2D eigenvalue weighted by atomic mass is 32.1. The first-order valence-electron chi connectivity index (χ1n) is 6.84. The molecule has 0 aliphatic rings. The number of fused-ring (bicyclic) bond motifs is 1. The van der Waals surface area contributed by atoms with Gasteiger partial charge in [-0.1, -0.05) is 18.2 Å². The lowest BCUT2D eigenvalue weighted by Crippen LogP contribution is -2.27. The van der Waals surface area contributed by atoms with E-state index in [1.165, 1.54) is 0 Å². The third-order valence-corrected chi connectivity index (χ3v) is 3.66. The first-order valence-corrected chi connectivity index (χ1v) is 7.25. The predicted octanol–water partition coefficient (Wildman–Crippen LogP) is 3.23. The average Bonchev–Trinajstić information content (AvgIpc) is 2.77. The van der Waals surface area contributed by atoms with Gasteiger partial charge in [-0.2, -0.15) is 0 Å². The van der Waals surface area contributed by atoms with E-state index in [0.29, 0.717) is 10.8 Å². The molecule has 0 aliphatic carbocycles. The highest BCUT2D eigenvalue weighted by molar-refractivity contribution is 7.80. The van der Waals surface area contributed by atoms with Crippen molar-refractivity contribution in [1.29, 1.82) is 0 Å². The van der Waals surface area contributed by atoms with Gasteiger partial charge in [0.2, 0.25) is 11.0 Å². The number of hydrogen-bond acceptors (Lipinski definition) is 4. The Morgan fingerprint density at radius 1 is 1.33 bits per heavy atom. The summed E-state index contributed by atoms with van der Waals surface area (Å²) < 4.78 is 1.56. The van der Waals surface area contributed by atoms with Crippen LogP contribution in [0.25, 0.3) is 10.9 Å². The fourth-order valence-corrected chi connectivity index (χ4v) is 2.48. The number of para-hydroxylation sites is 1. The number of aromatic hydroxyl groups is 1. The SMILES string of the molecule is CCN(CC)C(=S)N=Nc1c(O)n(NC)c2ccccc12. The molecule has 1 aromatic heterocycles. The molecule has 0 amide bonds. The normalized spacial score (nSPS) is 11.2. The van der Waals surface area contributed by atoms with Crippen molar-refractivity contribution in [2.75, 3.05) is 25.6 Å². The Balaban J connectivity index is 2.43. The number of azo groups is 1. The summed E-state index contributed by atoms with van der Waals surface area (Å²) in [6, 6.07) is 7.57. The molecule has 0 atom stereocenters. The number of nitrogens with one attached hydrogen (secondary N) is 1. The van der Waals surface area contributed by atoms with Crippen LogP contribution in [0.1, 0.15) is 13.8 Å². The molecule has 0 fully saturated rings. The molecule has 0 saturated heterocycles. The van der Waals surface area contributed by atoms with E-state index >= 15 is 0 Å². The fraction of sp³-hybridized carbons (Fsp3) is 0.357. The first-order chi connectivity index (χ1) is 10.1. The molecule has 0 unspecified atom stereocenters. The van der Waals surface area contributed by atoms with Crippen molar-refractivity contribution >= 4 is 33.9 Å². The van der Waals surface area contributed by atoms with Gasteiger partial charge in [0.1, 0.15) is 0 Å². The molecule has 1 heterocycles. The molecule has 0 bridgehead atoms. The van der Waals surface area contributed by atoms with Gasteiger partial charge in [-0.3, -0.25) is 0 Å². The van der Waals surface area contributed by atoms with Crippen molar-refractivity contribution in [3.8, 4) is 5.88 Å². The summed E-state index contributed by atoms with van der Waals surface area (Å²) in [5.41, 5.74) is 4.16. The average molecular weight is 305 g/mol. The lowest BCUT2D eigenvalue weighted by Gasteiger charge is -2.16. The minimum Gasteiger partial charge on any atom is -0.492 e. The van der Waals surface area contributed by atoms with Crippen LogP contribution < -0.4 is 5.43 Å². The van der Waals surface area contributed by atoms with E-state index in [1.807, 2.05) is 43.0 Å². The molecule has 1 aromatic carbocycles. The molecule has 0 aliphatic heterocycles. The van der Waals surface area contributed by atoms with E-state index in [9.17, 15) is 5.11 Å². The van der Waals surface area contributed by atoms with Crippen LogP contribution >= 0.6 is 12.2 Å². The van der Waals surface area contributed by atoms with E-state index in [-0.39, 0.29) is 5.88 Å². The minimum atomic E-state index is 0.0183. The van der Waals surface area contributed by atoms with E-state index in [0.717, 1.165) is 24.0 Å². The molecular formula is C14H19N5OS. The molecule has 0 saturated carbocycles. The van der Waals surface area contributed by atoms with Gasteiger partial charge >= 0.3 is 0 Å². The second-order valence-corrected chi connectivity index (χ2v) is 4.77. The molecule has 2 rings (SSSR count). The van der Waals surface area contributed by atoms with E-state index < -0.39 is 0 Å². The van der Waals surface area contributed by atoms with Crippen LogP contribution in [0.4, 0.5) is 5.69 Å². The zero-order valence-corrected chi connectivity index (χ0v) is 13.2. The van der Waals surface area contributed by atoms with Crippen LogP contribution in [0.3, 0.4) is 0 Å².